The Hall–Kier alpha value is 0.670. The monoisotopic (exact) mass is 376 g/mol. The molecule has 0 saturated carbocycles. The third-order valence-electron chi connectivity index (χ3n) is 1.40. The van der Waals surface area contributed by atoms with Crippen molar-refractivity contribution in [3.8, 4) is 0 Å². The molecule has 1 rings (SSSR count). The molecule has 0 radical (unpaired) electrons. The average molecular weight is 376 g/mol. The first-order valence-corrected chi connectivity index (χ1v) is 6.16. The van der Waals surface area contributed by atoms with Gasteiger partial charge in [-0.1, -0.05) is 22.6 Å². The normalized spacial score (nSPS) is 10.4. The van der Waals surface area contributed by atoms with Crippen molar-refractivity contribution in [1.82, 2.24) is 9.55 Å². The Kier molecular flexibility index (Phi) is 4.74. The minimum atomic E-state index is 1.08. The fourth-order valence-electron chi connectivity index (χ4n) is 0.844. The summed E-state index contributed by atoms with van der Waals surface area (Å²) in [4.78, 5) is 4.14. The van der Waals surface area contributed by atoms with Crippen molar-refractivity contribution < 1.29 is 0 Å². The van der Waals surface area contributed by atoms with Gasteiger partial charge in [-0.15, -0.1) is 0 Å². The molecule has 0 atom stereocenters. The van der Waals surface area contributed by atoms with E-state index in [0.717, 1.165) is 10.2 Å². The van der Waals surface area contributed by atoms with Crippen LogP contribution in [0, 0.1) is 3.70 Å². The summed E-state index contributed by atoms with van der Waals surface area (Å²) in [6.45, 7) is 1.11. The van der Waals surface area contributed by atoms with E-state index in [9.17, 15) is 0 Å². The highest BCUT2D eigenvalue weighted by Crippen LogP contribution is 2.02. The third-order valence-corrected chi connectivity index (χ3v) is 2.72. The SMILES string of the molecule is ICCCCn1cnc(I)c1. The molecule has 1 heterocycles. The van der Waals surface area contributed by atoms with Gasteiger partial charge < -0.3 is 4.57 Å². The highest BCUT2D eigenvalue weighted by Gasteiger charge is 1.93. The highest BCUT2D eigenvalue weighted by atomic mass is 127. The Morgan fingerprint density at radius 1 is 1.45 bits per heavy atom. The van der Waals surface area contributed by atoms with Crippen molar-refractivity contribution in [3.63, 3.8) is 0 Å². The molecule has 1 aromatic rings. The van der Waals surface area contributed by atoms with Crippen LogP contribution in [0.25, 0.3) is 0 Å². The van der Waals surface area contributed by atoms with Crippen LogP contribution in [0.1, 0.15) is 12.8 Å². The minimum Gasteiger partial charge on any atom is -0.336 e. The summed E-state index contributed by atoms with van der Waals surface area (Å²) in [6.07, 6.45) is 6.54. The second kappa shape index (κ2) is 5.34. The van der Waals surface area contributed by atoms with Gasteiger partial charge in [0.15, 0.2) is 0 Å². The van der Waals surface area contributed by atoms with Crippen molar-refractivity contribution in [2.24, 2.45) is 0 Å². The predicted octanol–water partition coefficient (Wildman–Crippen LogP) is 2.70. The Morgan fingerprint density at radius 2 is 2.27 bits per heavy atom. The lowest BCUT2D eigenvalue weighted by atomic mass is 10.3. The van der Waals surface area contributed by atoms with Crippen molar-refractivity contribution >= 4 is 45.2 Å². The van der Waals surface area contributed by atoms with Gasteiger partial charge in [-0.2, -0.15) is 0 Å². The van der Waals surface area contributed by atoms with Crippen LogP contribution < -0.4 is 0 Å². The van der Waals surface area contributed by atoms with Gasteiger partial charge >= 0.3 is 0 Å². The number of rotatable bonds is 4. The van der Waals surface area contributed by atoms with Gasteiger partial charge in [0, 0.05) is 12.7 Å². The Bertz CT molecular complexity index is 210. The third kappa shape index (κ3) is 3.73. The lowest BCUT2D eigenvalue weighted by Crippen LogP contribution is -1.93. The molecule has 0 unspecified atom stereocenters. The highest BCUT2D eigenvalue weighted by molar-refractivity contribution is 14.1. The Morgan fingerprint density at radius 3 is 2.82 bits per heavy atom. The molecular weight excluding hydrogens is 366 g/mol. The van der Waals surface area contributed by atoms with Crippen molar-refractivity contribution in [2.45, 2.75) is 19.4 Å². The van der Waals surface area contributed by atoms with E-state index in [2.05, 4.69) is 60.9 Å². The van der Waals surface area contributed by atoms with E-state index in [-0.39, 0.29) is 0 Å². The number of aryl methyl sites for hydroxylation is 1. The van der Waals surface area contributed by atoms with E-state index in [1.807, 2.05) is 6.33 Å². The average Bonchev–Trinajstić information content (AvgIpc) is 2.37. The zero-order valence-electron chi connectivity index (χ0n) is 6.13. The molecule has 1 aromatic heterocycles. The lowest BCUT2D eigenvalue weighted by Gasteiger charge is -1.98. The number of alkyl halides is 1. The van der Waals surface area contributed by atoms with Gasteiger partial charge in [-0.25, -0.2) is 4.98 Å². The molecule has 0 fully saturated rings. The number of aromatic nitrogens is 2. The number of imidazole rings is 1. The summed E-state index contributed by atoms with van der Waals surface area (Å²) >= 11 is 4.64. The molecule has 4 heteroatoms. The Balaban J connectivity index is 2.27. The van der Waals surface area contributed by atoms with Crippen molar-refractivity contribution in [3.05, 3.63) is 16.2 Å². The summed E-state index contributed by atoms with van der Waals surface area (Å²) in [6, 6.07) is 0. The zero-order valence-corrected chi connectivity index (χ0v) is 10.4. The van der Waals surface area contributed by atoms with Crippen molar-refractivity contribution in [1.29, 1.82) is 0 Å². The first-order valence-electron chi connectivity index (χ1n) is 3.56. The lowest BCUT2D eigenvalue weighted by molar-refractivity contribution is 0.637. The largest absolute Gasteiger partial charge is 0.336 e. The fraction of sp³-hybridized carbons (Fsp3) is 0.571. The topological polar surface area (TPSA) is 17.8 Å². The molecule has 0 N–H and O–H groups in total. The molecule has 0 aliphatic rings. The van der Waals surface area contributed by atoms with Gasteiger partial charge in [0.2, 0.25) is 0 Å². The van der Waals surface area contributed by atoms with Crippen LogP contribution in [0.15, 0.2) is 12.5 Å². The fourth-order valence-corrected chi connectivity index (χ4v) is 1.87. The second-order valence-electron chi connectivity index (χ2n) is 2.33. The second-order valence-corrected chi connectivity index (χ2v) is 4.51. The standard InChI is InChI=1S/C7H10I2N2/c8-3-1-2-4-11-5-7(9)10-6-11/h5-6H,1-4H2. The maximum Gasteiger partial charge on any atom is 0.119 e. The molecule has 2 nitrogen and oxygen atoms in total. The van der Waals surface area contributed by atoms with E-state index >= 15 is 0 Å². The predicted molar refractivity (Wildman–Crippen MR) is 63.1 cm³/mol. The van der Waals surface area contributed by atoms with E-state index < -0.39 is 0 Å². The molecule has 0 aliphatic heterocycles. The molecule has 0 saturated heterocycles. The Labute approximate surface area is 94.1 Å². The molecule has 0 amide bonds. The first kappa shape index (κ1) is 9.76. The van der Waals surface area contributed by atoms with Crippen LogP contribution >= 0.6 is 45.2 Å². The van der Waals surface area contributed by atoms with Gasteiger partial charge in [-0.05, 0) is 39.9 Å². The number of unbranched alkanes of at least 4 members (excludes halogenated alkanes) is 1. The summed E-state index contributed by atoms with van der Waals surface area (Å²) in [5.74, 6) is 0. The molecule has 11 heavy (non-hydrogen) atoms. The molecule has 0 spiro atoms. The molecule has 0 aromatic carbocycles. The number of nitrogens with zero attached hydrogens (tertiary/aromatic N) is 2. The summed E-state index contributed by atoms with van der Waals surface area (Å²) in [7, 11) is 0. The summed E-state index contributed by atoms with van der Waals surface area (Å²) in [5, 5.41) is 0. The molecule has 62 valence electrons. The van der Waals surface area contributed by atoms with Gasteiger partial charge in [-0.3, -0.25) is 0 Å². The summed E-state index contributed by atoms with van der Waals surface area (Å²) in [5.41, 5.74) is 0. The maximum absolute atomic E-state index is 4.14. The van der Waals surface area contributed by atoms with Gasteiger partial charge in [0.25, 0.3) is 0 Å². The van der Waals surface area contributed by atoms with Crippen LogP contribution in [0.2, 0.25) is 0 Å². The van der Waals surface area contributed by atoms with Crippen LogP contribution in [-0.2, 0) is 6.54 Å². The quantitative estimate of drug-likeness (QED) is 0.449. The number of hydrogen-bond donors (Lipinski definition) is 0. The van der Waals surface area contributed by atoms with E-state index in [1.165, 1.54) is 17.3 Å². The maximum atomic E-state index is 4.14. The van der Waals surface area contributed by atoms with Gasteiger partial charge in [0.1, 0.15) is 3.70 Å². The zero-order chi connectivity index (χ0) is 8.10. The van der Waals surface area contributed by atoms with Crippen LogP contribution in [0.4, 0.5) is 0 Å². The summed E-state index contributed by atoms with van der Waals surface area (Å²) < 4.78 is 4.48. The number of hydrogen-bond acceptors (Lipinski definition) is 1. The molecule has 0 aliphatic carbocycles. The molecule has 0 bridgehead atoms. The van der Waals surface area contributed by atoms with Gasteiger partial charge in [0.05, 0.1) is 6.33 Å². The molecular formula is C7H10I2N2. The van der Waals surface area contributed by atoms with E-state index in [4.69, 9.17) is 0 Å². The van der Waals surface area contributed by atoms with Crippen LogP contribution in [0.5, 0.6) is 0 Å². The number of halogens is 2. The van der Waals surface area contributed by atoms with Crippen LogP contribution in [-0.4, -0.2) is 14.0 Å². The van der Waals surface area contributed by atoms with E-state index in [1.54, 1.807) is 0 Å². The first-order chi connectivity index (χ1) is 5.33. The van der Waals surface area contributed by atoms with Crippen molar-refractivity contribution in [2.75, 3.05) is 4.43 Å². The van der Waals surface area contributed by atoms with Crippen LogP contribution in [0.3, 0.4) is 0 Å². The minimum absolute atomic E-state index is 1.08. The van der Waals surface area contributed by atoms with E-state index in [0.29, 0.717) is 0 Å². The smallest absolute Gasteiger partial charge is 0.119 e.